The summed E-state index contributed by atoms with van der Waals surface area (Å²) >= 11 is 6.43. The Bertz CT molecular complexity index is 704. The molecule has 1 heterocycles. The van der Waals surface area contributed by atoms with E-state index in [1.807, 2.05) is 5.06 Å². The zero-order valence-corrected chi connectivity index (χ0v) is 14.5. The number of halogens is 1. The fourth-order valence-electron chi connectivity index (χ4n) is 3.34. The quantitative estimate of drug-likeness (QED) is 0.861. The first-order chi connectivity index (χ1) is 11.7. The highest BCUT2D eigenvalue weighted by atomic mass is 35.5. The SMILES string of the molecule is NC(CON1Cc2ccccc2C1)Cc1ccc(C2CC2)cc1Cl. The van der Waals surface area contributed by atoms with Crippen LogP contribution in [0.4, 0.5) is 0 Å². The molecule has 0 saturated heterocycles. The minimum absolute atomic E-state index is 0.0574. The third-order valence-electron chi connectivity index (χ3n) is 4.89. The molecule has 0 amide bonds. The van der Waals surface area contributed by atoms with Crippen LogP contribution >= 0.6 is 11.6 Å². The second kappa shape index (κ2) is 6.85. The zero-order chi connectivity index (χ0) is 16.5. The minimum Gasteiger partial charge on any atom is -0.325 e. The monoisotopic (exact) mass is 342 g/mol. The highest BCUT2D eigenvalue weighted by Gasteiger charge is 2.24. The summed E-state index contributed by atoms with van der Waals surface area (Å²) in [4.78, 5) is 5.90. The number of hydrogen-bond acceptors (Lipinski definition) is 3. The molecule has 1 saturated carbocycles. The third kappa shape index (κ3) is 3.65. The van der Waals surface area contributed by atoms with E-state index in [4.69, 9.17) is 22.2 Å². The Hall–Kier alpha value is -1.39. The minimum atomic E-state index is -0.0574. The molecular weight excluding hydrogens is 320 g/mol. The topological polar surface area (TPSA) is 38.5 Å². The van der Waals surface area contributed by atoms with Crippen LogP contribution < -0.4 is 5.73 Å². The molecule has 126 valence electrons. The van der Waals surface area contributed by atoms with Gasteiger partial charge >= 0.3 is 0 Å². The lowest BCUT2D eigenvalue weighted by Gasteiger charge is -2.19. The van der Waals surface area contributed by atoms with E-state index in [0.717, 1.165) is 36.0 Å². The average Bonchev–Trinajstić information content (AvgIpc) is 3.34. The first-order valence-corrected chi connectivity index (χ1v) is 9.05. The first-order valence-electron chi connectivity index (χ1n) is 8.67. The molecule has 1 aliphatic heterocycles. The molecule has 1 unspecified atom stereocenters. The number of hydroxylamine groups is 2. The molecule has 0 spiro atoms. The maximum atomic E-state index is 6.43. The molecule has 4 rings (SSSR count). The summed E-state index contributed by atoms with van der Waals surface area (Å²) in [7, 11) is 0. The summed E-state index contributed by atoms with van der Waals surface area (Å²) in [6.45, 7) is 2.17. The van der Waals surface area contributed by atoms with Crippen molar-refractivity contribution in [3.63, 3.8) is 0 Å². The van der Waals surface area contributed by atoms with Crippen molar-refractivity contribution >= 4 is 11.6 Å². The summed E-state index contributed by atoms with van der Waals surface area (Å²) in [6, 6.07) is 14.8. The van der Waals surface area contributed by atoms with Gasteiger partial charge in [-0.15, -0.1) is 0 Å². The van der Waals surface area contributed by atoms with Crippen molar-refractivity contribution in [2.24, 2.45) is 5.73 Å². The van der Waals surface area contributed by atoms with Crippen LogP contribution in [0.2, 0.25) is 5.02 Å². The average molecular weight is 343 g/mol. The van der Waals surface area contributed by atoms with Gasteiger partial charge in [0.15, 0.2) is 0 Å². The molecule has 3 nitrogen and oxygen atoms in total. The summed E-state index contributed by atoms with van der Waals surface area (Å²) in [5.74, 6) is 0.727. The molecule has 2 N–H and O–H groups in total. The molecule has 1 aliphatic carbocycles. The Morgan fingerprint density at radius 1 is 1.12 bits per heavy atom. The predicted octanol–water partition coefficient (Wildman–Crippen LogP) is 4.03. The predicted molar refractivity (Wildman–Crippen MR) is 96.7 cm³/mol. The van der Waals surface area contributed by atoms with Gasteiger partial charge < -0.3 is 5.73 Å². The van der Waals surface area contributed by atoms with Crippen molar-refractivity contribution in [3.05, 3.63) is 69.7 Å². The number of rotatable bonds is 6. The van der Waals surface area contributed by atoms with Crippen molar-refractivity contribution < 1.29 is 4.84 Å². The van der Waals surface area contributed by atoms with E-state index in [2.05, 4.69) is 42.5 Å². The summed E-state index contributed by atoms with van der Waals surface area (Å²) in [5, 5.41) is 2.82. The van der Waals surface area contributed by atoms with Gasteiger partial charge in [-0.2, -0.15) is 5.06 Å². The van der Waals surface area contributed by atoms with Crippen molar-refractivity contribution in [3.8, 4) is 0 Å². The number of benzene rings is 2. The van der Waals surface area contributed by atoms with Crippen LogP contribution in [0.3, 0.4) is 0 Å². The molecule has 24 heavy (non-hydrogen) atoms. The van der Waals surface area contributed by atoms with Gasteiger partial charge in [0.25, 0.3) is 0 Å². The van der Waals surface area contributed by atoms with Gasteiger partial charge in [-0.1, -0.05) is 48.0 Å². The Kier molecular flexibility index (Phi) is 4.59. The fraction of sp³-hybridized carbons (Fsp3) is 0.400. The number of fused-ring (bicyclic) bond motifs is 1. The summed E-state index contributed by atoms with van der Waals surface area (Å²) < 4.78 is 0. The van der Waals surface area contributed by atoms with Crippen molar-refractivity contribution in [2.75, 3.05) is 6.61 Å². The molecular formula is C20H23ClN2O. The van der Waals surface area contributed by atoms with Crippen LogP contribution in [0.25, 0.3) is 0 Å². The first kappa shape index (κ1) is 16.1. The zero-order valence-electron chi connectivity index (χ0n) is 13.7. The van der Waals surface area contributed by atoms with Crippen LogP contribution in [0.1, 0.15) is 41.0 Å². The lowest BCUT2D eigenvalue weighted by molar-refractivity contribution is -0.169. The maximum Gasteiger partial charge on any atom is 0.0839 e. The maximum absolute atomic E-state index is 6.43. The Labute approximate surface area is 148 Å². The van der Waals surface area contributed by atoms with E-state index >= 15 is 0 Å². The molecule has 1 fully saturated rings. The van der Waals surface area contributed by atoms with Crippen molar-refractivity contribution in [1.82, 2.24) is 5.06 Å². The molecule has 0 bridgehead atoms. The highest BCUT2D eigenvalue weighted by molar-refractivity contribution is 6.31. The molecule has 0 aromatic heterocycles. The van der Waals surface area contributed by atoms with E-state index in [1.165, 1.54) is 29.5 Å². The van der Waals surface area contributed by atoms with Gasteiger partial charge in [-0.3, -0.25) is 4.84 Å². The van der Waals surface area contributed by atoms with Gasteiger partial charge in [-0.25, -0.2) is 0 Å². The molecule has 0 radical (unpaired) electrons. The van der Waals surface area contributed by atoms with Crippen LogP contribution in [-0.2, 0) is 24.3 Å². The van der Waals surface area contributed by atoms with Gasteiger partial charge in [0.2, 0.25) is 0 Å². The van der Waals surface area contributed by atoms with Crippen molar-refractivity contribution in [1.29, 1.82) is 0 Å². The van der Waals surface area contributed by atoms with Crippen molar-refractivity contribution in [2.45, 2.75) is 44.3 Å². The van der Waals surface area contributed by atoms with Crippen LogP contribution in [0.15, 0.2) is 42.5 Å². The Morgan fingerprint density at radius 3 is 2.46 bits per heavy atom. The molecule has 1 atom stereocenters. The van der Waals surface area contributed by atoms with Crippen LogP contribution in [0.5, 0.6) is 0 Å². The Morgan fingerprint density at radius 2 is 1.83 bits per heavy atom. The summed E-state index contributed by atoms with van der Waals surface area (Å²) in [5.41, 5.74) is 11.4. The Balaban J connectivity index is 1.29. The van der Waals surface area contributed by atoms with Gasteiger partial charge in [-0.05, 0) is 53.5 Å². The second-order valence-corrected chi connectivity index (χ2v) is 7.36. The normalized spacial score (nSPS) is 18.6. The largest absolute Gasteiger partial charge is 0.325 e. The van der Waals surface area contributed by atoms with E-state index in [9.17, 15) is 0 Å². The lowest BCUT2D eigenvalue weighted by Crippen LogP contribution is -2.32. The number of hydrogen-bond donors (Lipinski definition) is 1. The van der Waals surface area contributed by atoms with E-state index in [1.54, 1.807) is 0 Å². The highest BCUT2D eigenvalue weighted by Crippen LogP contribution is 2.41. The van der Waals surface area contributed by atoms with Crippen LogP contribution in [-0.4, -0.2) is 17.7 Å². The number of nitrogens with zero attached hydrogens (tertiary/aromatic N) is 1. The molecule has 4 heteroatoms. The van der Waals surface area contributed by atoms with Gasteiger partial charge in [0, 0.05) is 24.2 Å². The second-order valence-electron chi connectivity index (χ2n) is 6.95. The van der Waals surface area contributed by atoms with Crippen LogP contribution in [0, 0.1) is 0 Å². The number of nitrogens with two attached hydrogens (primary N) is 1. The van der Waals surface area contributed by atoms with E-state index < -0.39 is 0 Å². The third-order valence-corrected chi connectivity index (χ3v) is 5.24. The fourth-order valence-corrected chi connectivity index (χ4v) is 3.60. The van der Waals surface area contributed by atoms with Gasteiger partial charge in [0.1, 0.15) is 0 Å². The van der Waals surface area contributed by atoms with Gasteiger partial charge in [0.05, 0.1) is 6.61 Å². The van der Waals surface area contributed by atoms with E-state index in [-0.39, 0.29) is 6.04 Å². The standard InChI is InChI=1S/C20H23ClN2O/c21-20-10-15(14-5-6-14)7-8-16(20)9-19(22)13-24-23-11-17-3-1-2-4-18(17)12-23/h1-4,7-8,10,14,19H,5-6,9,11-13,22H2. The molecule has 2 aromatic carbocycles. The molecule has 2 aromatic rings. The smallest absolute Gasteiger partial charge is 0.0839 e. The lowest BCUT2D eigenvalue weighted by atomic mass is 10.0. The molecule has 2 aliphatic rings. The summed E-state index contributed by atoms with van der Waals surface area (Å²) in [6.07, 6.45) is 3.33. The van der Waals surface area contributed by atoms with E-state index in [0.29, 0.717) is 6.61 Å².